The molecule has 1 atom stereocenters. The highest BCUT2D eigenvalue weighted by atomic mass is 16.3. The summed E-state index contributed by atoms with van der Waals surface area (Å²) in [5, 5.41) is 9.02. The van der Waals surface area contributed by atoms with Crippen LogP contribution in [0.3, 0.4) is 0 Å². The van der Waals surface area contributed by atoms with E-state index in [0.29, 0.717) is 18.8 Å². The van der Waals surface area contributed by atoms with Crippen molar-refractivity contribution in [2.75, 3.05) is 11.4 Å². The Morgan fingerprint density at radius 3 is 3.12 bits per heavy atom. The Morgan fingerprint density at radius 1 is 1.69 bits per heavy atom. The van der Waals surface area contributed by atoms with E-state index in [0.717, 1.165) is 5.56 Å². The monoisotopic (exact) mass is 218 g/mol. The molecule has 1 aromatic heterocycles. The maximum absolute atomic E-state index is 11.7. The molecule has 0 bridgehead atoms. The minimum atomic E-state index is -0.0392. The second-order valence-electron chi connectivity index (χ2n) is 3.88. The summed E-state index contributed by atoms with van der Waals surface area (Å²) in [5.41, 5.74) is 0.764. The first-order chi connectivity index (χ1) is 7.74. The number of amides is 1. The molecule has 1 amide bonds. The number of pyridine rings is 1. The molecule has 1 saturated heterocycles. The number of aliphatic hydroxyl groups excluding tert-OH is 1. The average Bonchev–Trinajstić information content (AvgIpc) is 2.71. The molecule has 2 heterocycles. The van der Waals surface area contributed by atoms with Crippen LogP contribution >= 0.6 is 0 Å². The number of nitrogens with zero attached hydrogens (tertiary/aromatic N) is 2. The summed E-state index contributed by atoms with van der Waals surface area (Å²) in [5.74, 6) is 0.875. The van der Waals surface area contributed by atoms with E-state index in [-0.39, 0.29) is 18.4 Å². The number of rotatable bonds is 3. The lowest BCUT2D eigenvalue weighted by Gasteiger charge is -2.15. The van der Waals surface area contributed by atoms with Crippen LogP contribution in [0.4, 0.5) is 5.82 Å². The molecule has 84 valence electrons. The zero-order valence-electron chi connectivity index (χ0n) is 8.97. The van der Waals surface area contributed by atoms with Crippen LogP contribution in [0.15, 0.2) is 31.0 Å². The van der Waals surface area contributed by atoms with Crippen molar-refractivity contribution in [1.82, 2.24) is 4.98 Å². The van der Waals surface area contributed by atoms with Crippen molar-refractivity contribution in [3.8, 4) is 0 Å². The van der Waals surface area contributed by atoms with Gasteiger partial charge in [0.15, 0.2) is 0 Å². The minimum absolute atomic E-state index is 0.0392. The third kappa shape index (κ3) is 1.97. The Labute approximate surface area is 94.2 Å². The molecular weight excluding hydrogens is 204 g/mol. The van der Waals surface area contributed by atoms with Gasteiger partial charge in [0.25, 0.3) is 0 Å². The number of carbonyl (C=O) groups is 1. The van der Waals surface area contributed by atoms with E-state index < -0.39 is 0 Å². The average molecular weight is 218 g/mol. The fraction of sp³-hybridized carbons (Fsp3) is 0.333. The third-order valence-corrected chi connectivity index (χ3v) is 2.76. The predicted molar refractivity (Wildman–Crippen MR) is 60.8 cm³/mol. The van der Waals surface area contributed by atoms with Gasteiger partial charge in [-0.1, -0.05) is 6.08 Å². The molecule has 4 nitrogen and oxygen atoms in total. The van der Waals surface area contributed by atoms with E-state index >= 15 is 0 Å². The Morgan fingerprint density at radius 2 is 2.50 bits per heavy atom. The van der Waals surface area contributed by atoms with E-state index in [4.69, 9.17) is 5.11 Å². The smallest absolute Gasteiger partial charge is 0.228 e. The highest BCUT2D eigenvalue weighted by molar-refractivity contribution is 5.95. The van der Waals surface area contributed by atoms with Crippen molar-refractivity contribution in [3.63, 3.8) is 0 Å². The summed E-state index contributed by atoms with van der Waals surface area (Å²) in [7, 11) is 0. The number of hydrogen-bond donors (Lipinski definition) is 1. The van der Waals surface area contributed by atoms with Gasteiger partial charge in [0.2, 0.25) is 5.91 Å². The van der Waals surface area contributed by atoms with Gasteiger partial charge < -0.3 is 5.11 Å². The van der Waals surface area contributed by atoms with Crippen LogP contribution in [0.1, 0.15) is 12.0 Å². The van der Waals surface area contributed by atoms with Crippen molar-refractivity contribution < 1.29 is 9.90 Å². The Hall–Kier alpha value is -1.68. The number of anilines is 1. The zero-order chi connectivity index (χ0) is 11.5. The van der Waals surface area contributed by atoms with E-state index in [1.807, 2.05) is 0 Å². The first kappa shape index (κ1) is 10.8. The number of hydrogen-bond acceptors (Lipinski definition) is 3. The second kappa shape index (κ2) is 4.45. The number of aromatic nitrogens is 1. The maximum atomic E-state index is 11.7. The van der Waals surface area contributed by atoms with E-state index in [2.05, 4.69) is 11.6 Å². The van der Waals surface area contributed by atoms with E-state index in [1.165, 1.54) is 0 Å². The first-order valence-corrected chi connectivity index (χ1v) is 5.23. The molecule has 1 unspecified atom stereocenters. The van der Waals surface area contributed by atoms with Crippen LogP contribution in [0, 0.1) is 5.92 Å². The summed E-state index contributed by atoms with van der Waals surface area (Å²) in [4.78, 5) is 17.5. The molecule has 0 aliphatic carbocycles. The highest BCUT2D eigenvalue weighted by Gasteiger charge is 2.29. The van der Waals surface area contributed by atoms with Crippen molar-refractivity contribution in [2.45, 2.75) is 13.0 Å². The molecule has 1 N–H and O–H groups in total. The number of aliphatic hydroxyl groups is 1. The molecule has 0 aromatic carbocycles. The summed E-state index contributed by atoms with van der Waals surface area (Å²) in [6.07, 6.45) is 3.90. The lowest BCUT2D eigenvalue weighted by Crippen LogP contribution is -2.25. The topological polar surface area (TPSA) is 53.4 Å². The van der Waals surface area contributed by atoms with Gasteiger partial charge in [-0.15, -0.1) is 6.58 Å². The fourth-order valence-electron chi connectivity index (χ4n) is 1.82. The van der Waals surface area contributed by atoms with Crippen LogP contribution in [-0.2, 0) is 11.4 Å². The van der Waals surface area contributed by atoms with Crippen LogP contribution in [0.5, 0.6) is 0 Å². The van der Waals surface area contributed by atoms with Crippen molar-refractivity contribution in [2.24, 2.45) is 5.92 Å². The van der Waals surface area contributed by atoms with Crippen molar-refractivity contribution >= 4 is 11.7 Å². The summed E-state index contributed by atoms with van der Waals surface area (Å²) < 4.78 is 0. The SMILES string of the molecule is C=CC1CC(=O)N(c2cc(CO)ccn2)C1. The lowest BCUT2D eigenvalue weighted by molar-refractivity contribution is -0.117. The fourth-order valence-corrected chi connectivity index (χ4v) is 1.82. The quantitative estimate of drug-likeness (QED) is 0.773. The Bertz CT molecular complexity index is 417. The van der Waals surface area contributed by atoms with Crippen LogP contribution in [-0.4, -0.2) is 22.5 Å². The zero-order valence-corrected chi connectivity index (χ0v) is 8.97. The minimum Gasteiger partial charge on any atom is -0.392 e. The first-order valence-electron chi connectivity index (χ1n) is 5.23. The Kier molecular flexibility index (Phi) is 3.01. The molecule has 0 spiro atoms. The van der Waals surface area contributed by atoms with Crippen LogP contribution in [0.25, 0.3) is 0 Å². The van der Waals surface area contributed by atoms with Gasteiger partial charge in [0, 0.05) is 25.1 Å². The van der Waals surface area contributed by atoms with Gasteiger partial charge >= 0.3 is 0 Å². The van der Waals surface area contributed by atoms with Crippen LogP contribution < -0.4 is 4.90 Å². The Balaban J connectivity index is 2.23. The predicted octanol–water partition coefficient (Wildman–Crippen LogP) is 1.11. The van der Waals surface area contributed by atoms with E-state index in [1.54, 1.807) is 29.3 Å². The molecule has 0 radical (unpaired) electrons. The van der Waals surface area contributed by atoms with Gasteiger partial charge in [-0.05, 0) is 17.7 Å². The van der Waals surface area contributed by atoms with Gasteiger partial charge in [0.1, 0.15) is 5.82 Å². The molecule has 2 rings (SSSR count). The molecule has 4 heteroatoms. The van der Waals surface area contributed by atoms with Gasteiger partial charge in [-0.3, -0.25) is 9.69 Å². The maximum Gasteiger partial charge on any atom is 0.228 e. The molecule has 1 aliphatic rings. The highest BCUT2D eigenvalue weighted by Crippen LogP contribution is 2.24. The van der Waals surface area contributed by atoms with E-state index in [9.17, 15) is 4.79 Å². The largest absolute Gasteiger partial charge is 0.392 e. The molecule has 1 fully saturated rings. The van der Waals surface area contributed by atoms with Crippen LogP contribution in [0.2, 0.25) is 0 Å². The lowest BCUT2D eigenvalue weighted by atomic mass is 10.1. The van der Waals surface area contributed by atoms with Gasteiger partial charge in [-0.2, -0.15) is 0 Å². The summed E-state index contributed by atoms with van der Waals surface area (Å²) in [6.45, 7) is 4.29. The normalized spacial score (nSPS) is 20.2. The summed E-state index contributed by atoms with van der Waals surface area (Å²) in [6, 6.07) is 3.47. The third-order valence-electron chi connectivity index (χ3n) is 2.76. The number of carbonyl (C=O) groups excluding carboxylic acids is 1. The molecule has 1 aliphatic heterocycles. The molecule has 1 aromatic rings. The summed E-state index contributed by atoms with van der Waals surface area (Å²) >= 11 is 0. The van der Waals surface area contributed by atoms with Gasteiger partial charge in [-0.25, -0.2) is 4.98 Å². The molecule has 0 saturated carbocycles. The molecule has 16 heavy (non-hydrogen) atoms. The molecular formula is C12H14N2O2. The van der Waals surface area contributed by atoms with Gasteiger partial charge in [0.05, 0.1) is 6.61 Å². The second-order valence-corrected chi connectivity index (χ2v) is 3.88. The van der Waals surface area contributed by atoms with Crippen molar-refractivity contribution in [1.29, 1.82) is 0 Å². The standard InChI is InChI=1S/C12H14N2O2/c1-2-9-6-12(16)14(7-9)11-5-10(8-15)3-4-13-11/h2-5,9,15H,1,6-8H2. The van der Waals surface area contributed by atoms with Crippen molar-refractivity contribution in [3.05, 3.63) is 36.5 Å².